The minimum Gasteiger partial charge on any atom is -0.494 e. The molecule has 0 bridgehead atoms. The van der Waals surface area contributed by atoms with Gasteiger partial charge >= 0.3 is 0 Å². The fourth-order valence-electron chi connectivity index (χ4n) is 9.42. The van der Waals surface area contributed by atoms with Gasteiger partial charge in [-0.05, 0) is 83.6 Å². The van der Waals surface area contributed by atoms with Crippen molar-refractivity contribution in [1.82, 2.24) is 0 Å². The molecule has 8 heteroatoms. The summed E-state index contributed by atoms with van der Waals surface area (Å²) in [5.74, 6) is 0.964. The Hall–Kier alpha value is -4.78. The number of hydrogen-bond donors (Lipinski definition) is 2. The number of carbonyl (C=O) groups excluding carboxylic acids is 2. The Balaban J connectivity index is 1.02. The Morgan fingerprint density at radius 1 is 0.375 bits per heavy atom. The van der Waals surface area contributed by atoms with Crippen LogP contribution in [0.15, 0.2) is 109 Å². The van der Waals surface area contributed by atoms with Gasteiger partial charge in [0.25, 0.3) is 11.8 Å². The van der Waals surface area contributed by atoms with E-state index in [1.807, 2.05) is 84.9 Å². The first-order chi connectivity index (χ1) is 35.4. The van der Waals surface area contributed by atoms with E-state index in [1.54, 1.807) is 24.3 Å². The second-order valence-corrected chi connectivity index (χ2v) is 20.6. The van der Waals surface area contributed by atoms with Gasteiger partial charge in [0.2, 0.25) is 0 Å². The molecule has 0 atom stereocenters. The summed E-state index contributed by atoms with van der Waals surface area (Å²) in [5, 5.41) is 6.36. The normalized spacial score (nSPS) is 11.2. The first kappa shape index (κ1) is 58.1. The minimum atomic E-state index is -0.335. The molecule has 5 rings (SSSR count). The maximum Gasteiger partial charge on any atom is 0.256 e. The molecule has 0 spiro atoms. The van der Waals surface area contributed by atoms with E-state index in [-0.39, 0.29) is 21.9 Å². The van der Waals surface area contributed by atoms with Gasteiger partial charge in [-0.3, -0.25) is 9.59 Å². The smallest absolute Gasteiger partial charge is 0.256 e. The van der Waals surface area contributed by atoms with Crippen molar-refractivity contribution in [3.63, 3.8) is 0 Å². The fraction of sp³-hybridized carbons (Fsp3) is 0.500. The van der Waals surface area contributed by atoms with E-state index in [4.69, 9.17) is 32.7 Å². The summed E-state index contributed by atoms with van der Waals surface area (Å²) in [6.45, 7) is 5.94. The zero-order valence-corrected chi connectivity index (χ0v) is 45.5. The van der Waals surface area contributed by atoms with E-state index < -0.39 is 0 Å². The third kappa shape index (κ3) is 21.7. The number of rotatable bonds is 38. The molecule has 0 unspecified atom stereocenters. The zero-order chi connectivity index (χ0) is 50.9. The highest BCUT2D eigenvalue weighted by Gasteiger charge is 2.19. The lowest BCUT2D eigenvalue weighted by Crippen LogP contribution is -2.15. The van der Waals surface area contributed by atoms with Crippen LogP contribution in [-0.2, 0) is 0 Å². The molecule has 390 valence electrons. The molecule has 2 amide bonds. The molecule has 0 fully saturated rings. The molecular formula is C64H86Cl2N2O4. The summed E-state index contributed by atoms with van der Waals surface area (Å²) in [6.07, 6.45) is 37.2. The lowest BCUT2D eigenvalue weighted by Gasteiger charge is -2.15. The van der Waals surface area contributed by atoms with Gasteiger partial charge in [-0.15, -0.1) is 0 Å². The number of amides is 2. The molecule has 0 heterocycles. The standard InChI is InChI=1S/C64H86Cl2N2O4/c1-3-5-7-9-11-13-15-17-19-21-23-25-27-33-47-71-53-43-39-51(40-44-53)55-35-29-31-37-57(55)63(69)67-61-49-60(66)62(50-59(61)65)68-64(70)58-38-32-30-36-56(58)52-41-45-54(46-42-52)72-48-34-28-26-24-22-20-18-16-14-12-10-8-6-4-2/h29-32,35-46,49-50H,3-28,33-34,47-48H2,1-2H3,(H,67,69)(H,68,70). The van der Waals surface area contributed by atoms with Crippen LogP contribution in [0.25, 0.3) is 22.3 Å². The van der Waals surface area contributed by atoms with Crippen molar-refractivity contribution in [2.24, 2.45) is 0 Å². The third-order valence-corrected chi connectivity index (χ3v) is 14.4. The number of benzene rings is 5. The van der Waals surface area contributed by atoms with Gasteiger partial charge in [-0.1, -0.05) is 265 Å². The predicted molar refractivity (Wildman–Crippen MR) is 308 cm³/mol. The van der Waals surface area contributed by atoms with Crippen molar-refractivity contribution in [2.45, 2.75) is 194 Å². The predicted octanol–water partition coefficient (Wildman–Crippen LogP) is 20.6. The fourth-order valence-corrected chi connectivity index (χ4v) is 9.84. The maximum absolute atomic E-state index is 13.8. The highest BCUT2D eigenvalue weighted by molar-refractivity contribution is 6.38. The van der Waals surface area contributed by atoms with Crippen LogP contribution >= 0.6 is 23.2 Å². The summed E-state index contributed by atoms with van der Waals surface area (Å²) in [7, 11) is 0. The first-order valence-corrected chi connectivity index (χ1v) is 28.9. The molecule has 0 saturated carbocycles. The molecule has 0 saturated heterocycles. The van der Waals surface area contributed by atoms with Gasteiger partial charge in [0.05, 0.1) is 34.6 Å². The van der Waals surface area contributed by atoms with Gasteiger partial charge in [-0.25, -0.2) is 0 Å². The summed E-state index contributed by atoms with van der Waals surface area (Å²) in [6, 6.07) is 33.8. The zero-order valence-electron chi connectivity index (χ0n) is 44.0. The van der Waals surface area contributed by atoms with Crippen LogP contribution in [0.5, 0.6) is 11.5 Å². The minimum absolute atomic E-state index is 0.235. The van der Waals surface area contributed by atoms with Crippen molar-refractivity contribution in [1.29, 1.82) is 0 Å². The number of carbonyl (C=O) groups is 2. The van der Waals surface area contributed by atoms with Gasteiger partial charge < -0.3 is 20.1 Å². The number of halogens is 2. The molecule has 5 aromatic rings. The van der Waals surface area contributed by atoms with Crippen molar-refractivity contribution < 1.29 is 19.1 Å². The van der Waals surface area contributed by atoms with Crippen molar-refractivity contribution >= 4 is 46.4 Å². The van der Waals surface area contributed by atoms with Gasteiger partial charge in [-0.2, -0.15) is 0 Å². The Kier molecular flexibility index (Phi) is 28.6. The Morgan fingerprint density at radius 3 is 0.958 bits per heavy atom. The third-order valence-electron chi connectivity index (χ3n) is 13.8. The van der Waals surface area contributed by atoms with E-state index in [2.05, 4.69) is 24.5 Å². The average Bonchev–Trinajstić information content (AvgIpc) is 3.40. The number of nitrogens with one attached hydrogen (secondary N) is 2. The molecule has 0 aliphatic carbocycles. The number of hydrogen-bond acceptors (Lipinski definition) is 4. The molecular weight excluding hydrogens is 932 g/mol. The molecule has 0 aliphatic rings. The molecule has 5 aromatic carbocycles. The molecule has 0 aliphatic heterocycles. The topological polar surface area (TPSA) is 76.7 Å². The lowest BCUT2D eigenvalue weighted by atomic mass is 9.99. The molecule has 0 aromatic heterocycles. The van der Waals surface area contributed by atoms with Crippen LogP contribution in [0.3, 0.4) is 0 Å². The largest absolute Gasteiger partial charge is 0.494 e. The second kappa shape index (κ2) is 35.4. The van der Waals surface area contributed by atoms with E-state index in [1.165, 1.54) is 167 Å². The van der Waals surface area contributed by atoms with E-state index in [0.29, 0.717) is 35.7 Å². The van der Waals surface area contributed by atoms with Crippen LogP contribution in [0.1, 0.15) is 214 Å². The number of ether oxygens (including phenoxy) is 2. The van der Waals surface area contributed by atoms with Gasteiger partial charge in [0.1, 0.15) is 11.5 Å². The summed E-state index contributed by atoms with van der Waals surface area (Å²) < 4.78 is 12.1. The van der Waals surface area contributed by atoms with Crippen LogP contribution in [0.4, 0.5) is 11.4 Å². The van der Waals surface area contributed by atoms with E-state index in [0.717, 1.165) is 46.6 Å². The molecule has 6 nitrogen and oxygen atoms in total. The Labute approximate surface area is 444 Å². The molecule has 72 heavy (non-hydrogen) atoms. The summed E-state index contributed by atoms with van der Waals surface area (Å²) >= 11 is 13.5. The highest BCUT2D eigenvalue weighted by atomic mass is 35.5. The first-order valence-electron chi connectivity index (χ1n) is 28.1. The SMILES string of the molecule is CCCCCCCCCCCCCCCCOc1ccc(-c2ccccc2C(=O)Nc2cc(Cl)c(NC(=O)c3ccccc3-c3ccc(OCCCCCCCCCCCCCCCC)cc3)cc2Cl)cc1. The number of unbranched alkanes of at least 4 members (excludes halogenated alkanes) is 26. The molecule has 2 N–H and O–H groups in total. The van der Waals surface area contributed by atoms with Crippen LogP contribution in [-0.4, -0.2) is 25.0 Å². The average molecular weight is 1020 g/mol. The lowest BCUT2D eigenvalue weighted by molar-refractivity contribution is 0.101. The van der Waals surface area contributed by atoms with Crippen molar-refractivity contribution in [3.8, 4) is 33.8 Å². The second-order valence-electron chi connectivity index (χ2n) is 19.7. The van der Waals surface area contributed by atoms with Gasteiger partial charge in [0, 0.05) is 11.1 Å². The van der Waals surface area contributed by atoms with Crippen LogP contribution in [0, 0.1) is 0 Å². The van der Waals surface area contributed by atoms with E-state index >= 15 is 0 Å². The Morgan fingerprint density at radius 2 is 0.653 bits per heavy atom. The van der Waals surface area contributed by atoms with Crippen LogP contribution < -0.4 is 20.1 Å². The van der Waals surface area contributed by atoms with Gasteiger partial charge in [0.15, 0.2) is 0 Å². The van der Waals surface area contributed by atoms with Crippen molar-refractivity contribution in [2.75, 3.05) is 23.8 Å². The maximum atomic E-state index is 13.8. The quantitative estimate of drug-likeness (QED) is 0.0386. The van der Waals surface area contributed by atoms with Crippen molar-refractivity contribution in [3.05, 3.63) is 130 Å². The monoisotopic (exact) mass is 1020 g/mol. The van der Waals surface area contributed by atoms with Crippen LogP contribution in [0.2, 0.25) is 10.0 Å². The Bertz CT molecular complexity index is 2120. The molecule has 0 radical (unpaired) electrons. The highest BCUT2D eigenvalue weighted by Crippen LogP contribution is 2.35. The summed E-state index contributed by atoms with van der Waals surface area (Å²) in [5.41, 5.74) is 4.98. The van der Waals surface area contributed by atoms with E-state index in [9.17, 15) is 9.59 Å². The number of anilines is 2. The summed E-state index contributed by atoms with van der Waals surface area (Å²) in [4.78, 5) is 27.6.